The van der Waals surface area contributed by atoms with Crippen LogP contribution in [0, 0.1) is 22.7 Å². The highest BCUT2D eigenvalue weighted by Gasteiger charge is 2.52. The number of nitrogens with two attached hydrogens (primary N) is 1. The van der Waals surface area contributed by atoms with Crippen molar-refractivity contribution < 1.29 is 0 Å². The molecule has 2 N–H and O–H groups in total. The second-order valence-corrected chi connectivity index (χ2v) is 6.82. The van der Waals surface area contributed by atoms with Gasteiger partial charge in [-0.25, -0.2) is 0 Å². The van der Waals surface area contributed by atoms with E-state index in [4.69, 9.17) is 5.73 Å². The van der Waals surface area contributed by atoms with Gasteiger partial charge in [0.25, 0.3) is 0 Å². The van der Waals surface area contributed by atoms with Gasteiger partial charge >= 0.3 is 0 Å². The molecule has 0 aromatic heterocycles. The summed E-state index contributed by atoms with van der Waals surface area (Å²) in [7, 11) is 0. The van der Waals surface area contributed by atoms with Crippen LogP contribution in [0.25, 0.3) is 0 Å². The van der Waals surface area contributed by atoms with Gasteiger partial charge < -0.3 is 5.73 Å². The second kappa shape index (κ2) is 4.08. The van der Waals surface area contributed by atoms with Gasteiger partial charge in [-0.05, 0) is 35.5 Å². The highest BCUT2D eigenvalue weighted by atomic mass is 14.8. The summed E-state index contributed by atoms with van der Waals surface area (Å²) in [6, 6.07) is 0.398. The Morgan fingerprint density at radius 3 is 2.00 bits per heavy atom. The molecule has 0 aromatic rings. The summed E-state index contributed by atoms with van der Waals surface area (Å²) in [5.74, 6) is 1.45. The maximum atomic E-state index is 6.44. The molecule has 1 saturated carbocycles. The van der Waals surface area contributed by atoms with Crippen molar-refractivity contribution in [3.8, 4) is 0 Å². The normalized spacial score (nSPS) is 34.8. The number of hydrogen-bond acceptors (Lipinski definition) is 1. The fraction of sp³-hybridized carbons (Fsp3) is 1.00. The summed E-state index contributed by atoms with van der Waals surface area (Å²) in [6.07, 6.45) is 3.85. The quantitative estimate of drug-likeness (QED) is 0.738. The third-order valence-electron chi connectivity index (χ3n) is 4.98. The lowest BCUT2D eigenvalue weighted by molar-refractivity contribution is -0.00793. The zero-order valence-electron chi connectivity index (χ0n) is 11.4. The average Bonchev–Trinajstić information content (AvgIpc) is 2.45. The van der Waals surface area contributed by atoms with Crippen molar-refractivity contribution in [2.45, 2.75) is 66.8 Å². The van der Waals surface area contributed by atoms with Gasteiger partial charge in [0.15, 0.2) is 0 Å². The average molecular weight is 211 g/mol. The van der Waals surface area contributed by atoms with Crippen LogP contribution >= 0.6 is 0 Å². The molecule has 0 aliphatic heterocycles. The largest absolute Gasteiger partial charge is 0.327 e. The molecule has 0 saturated heterocycles. The first-order chi connectivity index (χ1) is 6.73. The molecule has 0 heterocycles. The van der Waals surface area contributed by atoms with Crippen molar-refractivity contribution in [3.05, 3.63) is 0 Å². The van der Waals surface area contributed by atoms with E-state index < -0.39 is 0 Å². The predicted octanol–water partition coefficient (Wildman–Crippen LogP) is 3.82. The van der Waals surface area contributed by atoms with Gasteiger partial charge in [-0.3, -0.25) is 0 Å². The zero-order valence-corrected chi connectivity index (χ0v) is 11.4. The standard InChI is InChI=1S/C14H29N/c1-10(2)11(3)14(13(4,5)6)9-7-8-12(14)15/h10-12H,7-9,15H2,1-6H3. The first kappa shape index (κ1) is 13.0. The SMILES string of the molecule is CC(C)C(C)C1(C(C)(C)C)CCCC1N. The first-order valence-corrected chi connectivity index (χ1v) is 6.49. The molecule has 90 valence electrons. The molecule has 0 amide bonds. The van der Waals surface area contributed by atoms with Crippen molar-refractivity contribution in [2.24, 2.45) is 28.4 Å². The van der Waals surface area contributed by atoms with E-state index in [2.05, 4.69) is 41.5 Å². The Morgan fingerprint density at radius 2 is 1.73 bits per heavy atom. The molecule has 1 heteroatoms. The highest BCUT2D eigenvalue weighted by Crippen LogP contribution is 2.56. The van der Waals surface area contributed by atoms with E-state index in [0.29, 0.717) is 16.9 Å². The number of hydrogen-bond donors (Lipinski definition) is 1. The molecule has 3 unspecified atom stereocenters. The maximum Gasteiger partial charge on any atom is 0.0103 e. The Balaban J connectivity index is 3.07. The lowest BCUT2D eigenvalue weighted by Crippen LogP contribution is -2.52. The molecule has 1 aliphatic rings. The molecule has 1 rings (SSSR count). The van der Waals surface area contributed by atoms with E-state index in [1.54, 1.807) is 0 Å². The van der Waals surface area contributed by atoms with E-state index >= 15 is 0 Å². The molecule has 1 aliphatic carbocycles. The maximum absolute atomic E-state index is 6.44. The molecule has 0 radical (unpaired) electrons. The van der Waals surface area contributed by atoms with E-state index in [0.717, 1.165) is 11.8 Å². The van der Waals surface area contributed by atoms with Crippen LogP contribution in [0.2, 0.25) is 0 Å². The Labute approximate surface area is 95.8 Å². The van der Waals surface area contributed by atoms with Gasteiger partial charge in [-0.1, -0.05) is 48.0 Å². The fourth-order valence-corrected chi connectivity index (χ4v) is 3.83. The van der Waals surface area contributed by atoms with E-state index in [9.17, 15) is 0 Å². The minimum Gasteiger partial charge on any atom is -0.327 e. The van der Waals surface area contributed by atoms with Crippen LogP contribution in [-0.4, -0.2) is 6.04 Å². The van der Waals surface area contributed by atoms with Crippen molar-refractivity contribution in [1.29, 1.82) is 0 Å². The van der Waals surface area contributed by atoms with E-state index in [1.807, 2.05) is 0 Å². The highest BCUT2D eigenvalue weighted by molar-refractivity contribution is 5.04. The summed E-state index contributed by atoms with van der Waals surface area (Å²) in [6.45, 7) is 14.2. The smallest absolute Gasteiger partial charge is 0.0103 e. The molecule has 0 aromatic carbocycles. The van der Waals surface area contributed by atoms with Crippen molar-refractivity contribution >= 4 is 0 Å². The summed E-state index contributed by atoms with van der Waals surface area (Å²) >= 11 is 0. The minimum atomic E-state index is 0.326. The molecule has 15 heavy (non-hydrogen) atoms. The summed E-state index contributed by atoms with van der Waals surface area (Å²) in [5, 5.41) is 0. The third-order valence-corrected chi connectivity index (χ3v) is 4.98. The topological polar surface area (TPSA) is 26.0 Å². The van der Waals surface area contributed by atoms with E-state index in [-0.39, 0.29) is 0 Å². The van der Waals surface area contributed by atoms with Crippen LogP contribution in [-0.2, 0) is 0 Å². The Hall–Kier alpha value is -0.0400. The molecular formula is C14H29N. The minimum absolute atomic E-state index is 0.326. The molecule has 0 spiro atoms. The Kier molecular flexibility index (Phi) is 3.55. The predicted molar refractivity (Wildman–Crippen MR) is 67.7 cm³/mol. The summed E-state index contributed by atoms with van der Waals surface area (Å²) < 4.78 is 0. The number of rotatable bonds is 2. The van der Waals surface area contributed by atoms with Crippen LogP contribution < -0.4 is 5.73 Å². The van der Waals surface area contributed by atoms with Crippen molar-refractivity contribution in [2.75, 3.05) is 0 Å². The second-order valence-electron chi connectivity index (χ2n) is 6.82. The monoisotopic (exact) mass is 211 g/mol. The van der Waals surface area contributed by atoms with Gasteiger partial charge in [0.2, 0.25) is 0 Å². The van der Waals surface area contributed by atoms with Crippen molar-refractivity contribution in [3.63, 3.8) is 0 Å². The van der Waals surface area contributed by atoms with Crippen LogP contribution in [0.3, 0.4) is 0 Å². The van der Waals surface area contributed by atoms with Gasteiger partial charge in [-0.2, -0.15) is 0 Å². The van der Waals surface area contributed by atoms with Crippen LogP contribution in [0.4, 0.5) is 0 Å². The van der Waals surface area contributed by atoms with Gasteiger partial charge in [-0.15, -0.1) is 0 Å². The Morgan fingerprint density at radius 1 is 1.20 bits per heavy atom. The Bertz CT molecular complexity index is 214. The lowest BCUT2D eigenvalue weighted by Gasteiger charge is -2.51. The van der Waals surface area contributed by atoms with Crippen LogP contribution in [0.15, 0.2) is 0 Å². The van der Waals surface area contributed by atoms with Crippen molar-refractivity contribution in [1.82, 2.24) is 0 Å². The molecule has 1 nitrogen and oxygen atoms in total. The van der Waals surface area contributed by atoms with Crippen LogP contribution in [0.5, 0.6) is 0 Å². The van der Waals surface area contributed by atoms with Gasteiger partial charge in [0.1, 0.15) is 0 Å². The van der Waals surface area contributed by atoms with Gasteiger partial charge in [0.05, 0.1) is 0 Å². The molecule has 0 bridgehead atoms. The molecular weight excluding hydrogens is 182 g/mol. The van der Waals surface area contributed by atoms with Crippen LogP contribution in [0.1, 0.15) is 60.8 Å². The third kappa shape index (κ3) is 1.95. The first-order valence-electron chi connectivity index (χ1n) is 6.49. The molecule has 1 fully saturated rings. The lowest BCUT2D eigenvalue weighted by atomic mass is 9.55. The zero-order chi connectivity index (χ0) is 11.9. The van der Waals surface area contributed by atoms with Gasteiger partial charge in [0, 0.05) is 6.04 Å². The summed E-state index contributed by atoms with van der Waals surface area (Å²) in [4.78, 5) is 0. The molecule has 3 atom stereocenters. The fourth-order valence-electron chi connectivity index (χ4n) is 3.83. The van der Waals surface area contributed by atoms with E-state index in [1.165, 1.54) is 19.3 Å². The summed E-state index contributed by atoms with van der Waals surface area (Å²) in [5.41, 5.74) is 7.11.